The second-order valence-corrected chi connectivity index (χ2v) is 8.41. The third kappa shape index (κ3) is 5.65. The van der Waals surface area contributed by atoms with E-state index in [1.165, 1.54) is 18.5 Å². The third-order valence-corrected chi connectivity index (χ3v) is 6.68. The zero-order valence-electron chi connectivity index (χ0n) is 7.90. The van der Waals surface area contributed by atoms with Gasteiger partial charge in [-0.2, -0.15) is 0 Å². The first-order valence-electron chi connectivity index (χ1n) is 3.73. The summed E-state index contributed by atoms with van der Waals surface area (Å²) in [5, 5.41) is 2.50. The number of rotatable bonds is 6. The van der Waals surface area contributed by atoms with Crippen LogP contribution in [0.2, 0.25) is 0 Å². The standard InChI is InChI=1S/C6H14NO3PS2/c1-4-10-11(12,9-3)13-5-6(8)7-2/h4-5H2,1-3H3,(H,7,8). The van der Waals surface area contributed by atoms with E-state index in [9.17, 15) is 4.79 Å². The molecule has 0 fully saturated rings. The molecule has 0 radical (unpaired) electrons. The monoisotopic (exact) mass is 243 g/mol. The number of carbonyl (C=O) groups is 1. The molecule has 0 bridgehead atoms. The predicted molar refractivity (Wildman–Crippen MR) is 59.4 cm³/mol. The summed E-state index contributed by atoms with van der Waals surface area (Å²) in [6.45, 7) is 2.35. The zero-order valence-corrected chi connectivity index (χ0v) is 10.4. The van der Waals surface area contributed by atoms with Gasteiger partial charge in [-0.25, -0.2) is 0 Å². The summed E-state index contributed by atoms with van der Waals surface area (Å²) in [6.07, 6.45) is 0. The number of hydrogen-bond donors (Lipinski definition) is 1. The van der Waals surface area contributed by atoms with E-state index in [1.54, 1.807) is 7.05 Å². The Hall–Kier alpha value is 0.390. The molecule has 0 aromatic rings. The summed E-state index contributed by atoms with van der Waals surface area (Å²) < 4.78 is 10.3. The average Bonchev–Trinajstić information content (AvgIpc) is 2.15. The molecule has 0 aliphatic heterocycles. The normalized spacial score (nSPS) is 15.0. The maximum absolute atomic E-state index is 10.9. The van der Waals surface area contributed by atoms with Crippen LogP contribution in [0.5, 0.6) is 0 Å². The number of nitrogens with one attached hydrogen (secondary N) is 1. The molecule has 0 aliphatic rings. The van der Waals surface area contributed by atoms with E-state index in [1.807, 2.05) is 6.92 Å². The van der Waals surface area contributed by atoms with Gasteiger partial charge in [0.25, 0.3) is 0 Å². The minimum absolute atomic E-state index is 0.0732. The van der Waals surface area contributed by atoms with Crippen LogP contribution in [-0.2, 0) is 25.6 Å². The molecule has 0 aromatic heterocycles. The first-order valence-corrected chi connectivity index (χ1v) is 7.96. The van der Waals surface area contributed by atoms with Crippen LogP contribution in [-0.4, -0.2) is 32.4 Å². The van der Waals surface area contributed by atoms with Crippen molar-refractivity contribution < 1.29 is 13.8 Å². The van der Waals surface area contributed by atoms with Gasteiger partial charge in [0.15, 0.2) is 0 Å². The SMILES string of the molecule is CCOP(=S)(OC)SCC(=O)NC. The fraction of sp³-hybridized carbons (Fsp3) is 0.833. The molecular weight excluding hydrogens is 229 g/mol. The third-order valence-electron chi connectivity index (χ3n) is 1.14. The fourth-order valence-corrected chi connectivity index (χ4v) is 4.00. The number of carbonyl (C=O) groups excluding carboxylic acids is 1. The maximum Gasteiger partial charge on any atom is 0.247 e. The first kappa shape index (κ1) is 13.4. The minimum Gasteiger partial charge on any atom is -0.358 e. The van der Waals surface area contributed by atoms with Gasteiger partial charge in [-0.15, -0.1) is 0 Å². The van der Waals surface area contributed by atoms with Crippen LogP contribution in [0.25, 0.3) is 0 Å². The van der Waals surface area contributed by atoms with Gasteiger partial charge in [0.05, 0.1) is 12.4 Å². The molecule has 1 amide bonds. The highest BCUT2D eigenvalue weighted by Gasteiger charge is 2.18. The quantitative estimate of drug-likeness (QED) is 0.714. The Morgan fingerprint density at radius 1 is 1.69 bits per heavy atom. The van der Waals surface area contributed by atoms with Gasteiger partial charge in [0, 0.05) is 14.2 Å². The molecule has 4 nitrogen and oxygen atoms in total. The van der Waals surface area contributed by atoms with Gasteiger partial charge in [-0.05, 0) is 18.7 Å². The van der Waals surface area contributed by atoms with Gasteiger partial charge in [-0.1, -0.05) is 11.4 Å². The maximum atomic E-state index is 10.9. The van der Waals surface area contributed by atoms with E-state index in [0.29, 0.717) is 6.61 Å². The Labute approximate surface area is 87.7 Å². The summed E-state index contributed by atoms with van der Waals surface area (Å²) in [7, 11) is 3.09. The van der Waals surface area contributed by atoms with Crippen molar-refractivity contribution in [2.75, 3.05) is 26.5 Å². The smallest absolute Gasteiger partial charge is 0.247 e. The van der Waals surface area contributed by atoms with Crippen molar-refractivity contribution in [2.45, 2.75) is 6.92 Å². The molecule has 13 heavy (non-hydrogen) atoms. The lowest BCUT2D eigenvalue weighted by Crippen LogP contribution is -2.19. The molecule has 1 unspecified atom stereocenters. The number of hydrogen-bond acceptors (Lipinski definition) is 5. The molecule has 0 heterocycles. The van der Waals surface area contributed by atoms with Gasteiger partial charge in [0.2, 0.25) is 11.6 Å². The Bertz CT molecular complexity index is 212. The molecule has 7 heteroatoms. The highest BCUT2D eigenvalue weighted by molar-refractivity contribution is 8.68. The van der Waals surface area contributed by atoms with Crippen molar-refractivity contribution in [1.82, 2.24) is 5.32 Å². The van der Waals surface area contributed by atoms with Crippen LogP contribution >= 0.6 is 17.1 Å². The Morgan fingerprint density at radius 3 is 2.69 bits per heavy atom. The highest BCUT2D eigenvalue weighted by Crippen LogP contribution is 2.60. The lowest BCUT2D eigenvalue weighted by Gasteiger charge is -2.17. The molecule has 0 aliphatic carbocycles. The average molecular weight is 243 g/mol. The van der Waals surface area contributed by atoms with Gasteiger partial charge in [-0.3, -0.25) is 4.79 Å². The van der Waals surface area contributed by atoms with E-state index >= 15 is 0 Å². The molecule has 1 N–H and O–H groups in total. The van der Waals surface area contributed by atoms with E-state index < -0.39 is 5.69 Å². The highest BCUT2D eigenvalue weighted by atomic mass is 32.9. The summed E-state index contributed by atoms with van der Waals surface area (Å²) in [5.41, 5.74) is -2.28. The van der Waals surface area contributed by atoms with Crippen molar-refractivity contribution in [3.05, 3.63) is 0 Å². The lowest BCUT2D eigenvalue weighted by atomic mass is 10.7. The van der Waals surface area contributed by atoms with Gasteiger partial charge < -0.3 is 14.4 Å². The molecule has 0 rings (SSSR count). The summed E-state index contributed by atoms with van der Waals surface area (Å²) in [6, 6.07) is 0. The Kier molecular flexibility index (Phi) is 6.99. The summed E-state index contributed by atoms with van der Waals surface area (Å²) >= 11 is 6.37. The van der Waals surface area contributed by atoms with Crippen LogP contribution in [0.3, 0.4) is 0 Å². The second kappa shape index (κ2) is 6.79. The van der Waals surface area contributed by atoms with E-state index in [0.717, 1.165) is 0 Å². The first-order chi connectivity index (χ1) is 6.08. The van der Waals surface area contributed by atoms with E-state index in [4.69, 9.17) is 20.9 Å². The second-order valence-electron chi connectivity index (χ2n) is 1.99. The van der Waals surface area contributed by atoms with Crippen LogP contribution in [0.4, 0.5) is 0 Å². The van der Waals surface area contributed by atoms with Crippen LogP contribution in [0.1, 0.15) is 6.92 Å². The predicted octanol–water partition coefficient (Wildman–Crippen LogP) is 1.37. The molecule has 1 atom stereocenters. The van der Waals surface area contributed by atoms with Crippen LogP contribution < -0.4 is 5.32 Å². The van der Waals surface area contributed by atoms with Crippen molar-refractivity contribution in [1.29, 1.82) is 0 Å². The molecule has 0 aromatic carbocycles. The fourth-order valence-electron chi connectivity index (χ4n) is 0.511. The lowest BCUT2D eigenvalue weighted by molar-refractivity contribution is -0.118. The molecule has 78 valence electrons. The largest absolute Gasteiger partial charge is 0.358 e. The van der Waals surface area contributed by atoms with Crippen molar-refractivity contribution >= 4 is 34.8 Å². The Morgan fingerprint density at radius 2 is 2.31 bits per heavy atom. The van der Waals surface area contributed by atoms with E-state index in [-0.39, 0.29) is 11.7 Å². The zero-order chi connectivity index (χ0) is 10.3. The van der Waals surface area contributed by atoms with Gasteiger partial charge >= 0.3 is 0 Å². The molecular formula is C6H14NO3PS2. The van der Waals surface area contributed by atoms with Crippen molar-refractivity contribution in [2.24, 2.45) is 0 Å². The topological polar surface area (TPSA) is 47.6 Å². The summed E-state index contributed by atoms with van der Waals surface area (Å²) in [5.74, 6) is 0.206. The van der Waals surface area contributed by atoms with Gasteiger partial charge in [0.1, 0.15) is 0 Å². The number of amides is 1. The summed E-state index contributed by atoms with van der Waals surface area (Å²) in [4.78, 5) is 10.9. The van der Waals surface area contributed by atoms with Crippen LogP contribution in [0.15, 0.2) is 0 Å². The minimum atomic E-state index is -2.28. The molecule has 0 spiro atoms. The van der Waals surface area contributed by atoms with Crippen molar-refractivity contribution in [3.8, 4) is 0 Å². The molecule has 0 saturated carbocycles. The van der Waals surface area contributed by atoms with E-state index in [2.05, 4.69) is 5.32 Å². The van der Waals surface area contributed by atoms with Crippen molar-refractivity contribution in [3.63, 3.8) is 0 Å². The Balaban J connectivity index is 3.97. The van der Waals surface area contributed by atoms with Crippen LogP contribution in [0, 0.1) is 0 Å². The molecule has 0 saturated heterocycles.